The van der Waals surface area contributed by atoms with E-state index in [0.29, 0.717) is 12.8 Å². The highest BCUT2D eigenvalue weighted by molar-refractivity contribution is 8.00. The Kier molecular flexibility index (Phi) is 33.0. The molecule has 93 heavy (non-hydrogen) atoms. The zero-order valence-corrected chi connectivity index (χ0v) is 55.4. The van der Waals surface area contributed by atoms with Gasteiger partial charge < -0.3 is 87.7 Å². The number of aromatic nitrogens is 3. The predicted octanol–water partition coefficient (Wildman–Crippen LogP) is 4.57. The zero-order chi connectivity index (χ0) is 69.1. The molecule has 4 heterocycles. The quantitative estimate of drug-likeness (QED) is 0.0283. The van der Waals surface area contributed by atoms with Crippen LogP contribution in [0.4, 0.5) is 0 Å². The van der Waals surface area contributed by atoms with Crippen LogP contribution >= 0.6 is 11.8 Å². The Labute approximate surface area is 544 Å². The number of aliphatic hydroxyl groups excluding tert-OH is 1. The zero-order valence-electron chi connectivity index (χ0n) is 54.6. The number of methoxy groups -OCH3 is 5. The fraction of sp³-hybridized carbons (Fsp3) is 0.645. The number of hydrogen-bond acceptors (Lipinski definition) is 26. The molecule has 1 aliphatic rings. The third-order valence-electron chi connectivity index (χ3n) is 16.0. The Balaban J connectivity index is 1.76. The molecule has 0 radical (unpaired) electrons. The van der Waals surface area contributed by atoms with Gasteiger partial charge in [0.2, 0.25) is 35.9 Å². The highest BCUT2D eigenvalue weighted by atomic mass is 32.2. The number of ketones is 1. The molecule has 0 aliphatic carbocycles. The van der Waals surface area contributed by atoms with Gasteiger partial charge in [0, 0.05) is 110 Å². The van der Waals surface area contributed by atoms with Gasteiger partial charge >= 0.3 is 29.8 Å². The Bertz CT molecular complexity index is 2950. The van der Waals surface area contributed by atoms with E-state index in [0.717, 1.165) is 11.8 Å². The van der Waals surface area contributed by atoms with Crippen LogP contribution in [0.5, 0.6) is 0 Å². The van der Waals surface area contributed by atoms with Crippen LogP contribution in [0, 0.1) is 29.6 Å². The Hall–Kier alpha value is -7.39. The van der Waals surface area contributed by atoms with Crippen molar-refractivity contribution in [2.24, 2.45) is 35.3 Å². The molecule has 0 saturated heterocycles. The number of nitrogens with zero attached hydrogens (tertiary/aromatic N) is 4. The van der Waals surface area contributed by atoms with Gasteiger partial charge in [-0.3, -0.25) is 38.4 Å². The van der Waals surface area contributed by atoms with E-state index < -0.39 is 157 Å². The molecule has 6 bridgehead atoms. The Morgan fingerprint density at radius 1 is 0.882 bits per heavy atom. The summed E-state index contributed by atoms with van der Waals surface area (Å²) in [5, 5.41) is 34.3. The van der Waals surface area contributed by atoms with Crippen molar-refractivity contribution in [1.82, 2.24) is 30.5 Å². The molecule has 3 aromatic heterocycles. The number of rotatable bonds is 32. The Morgan fingerprint density at radius 3 is 2.20 bits per heavy atom. The Morgan fingerprint density at radius 2 is 1.57 bits per heavy atom. The van der Waals surface area contributed by atoms with Gasteiger partial charge in [-0.2, -0.15) is 11.8 Å². The van der Waals surface area contributed by atoms with Crippen LogP contribution in [0.15, 0.2) is 50.4 Å². The minimum absolute atomic E-state index is 0.0198. The van der Waals surface area contributed by atoms with E-state index in [4.69, 9.17) is 56.9 Å². The number of nitrogens with two attached hydrogens (primary N) is 1. The SMILES string of the molecule is COCC(OC)C(=O)OC(CCC(C)C(CC1OC(=O)CC(O)CC(SC[C@H](NC(=O)CC[C@H](N)C(=O)O)C(=O)NCC(=O)O)CC(=O)C(C)C(OC)c2coc(n2)-c2coc(n2)-c2coc(n2)C=CCC(OC)C1C)OC)C(C)C(OC(C)=O)C(C)/C=C/N(C)C=O. The third kappa shape index (κ3) is 25.1. The minimum Gasteiger partial charge on any atom is -0.480 e. The molecular weight excluding hydrogens is 1240 g/mol. The highest BCUT2D eigenvalue weighted by Crippen LogP contribution is 2.35. The number of carboxylic acids is 2. The van der Waals surface area contributed by atoms with Crippen LogP contribution in [-0.4, -0.2) is 211 Å². The molecule has 16 atom stereocenters. The van der Waals surface area contributed by atoms with Gasteiger partial charge in [0.05, 0.1) is 31.3 Å². The van der Waals surface area contributed by atoms with Crippen LogP contribution in [0.1, 0.15) is 117 Å². The van der Waals surface area contributed by atoms with Crippen LogP contribution in [0.25, 0.3) is 29.2 Å². The fourth-order valence-electron chi connectivity index (χ4n) is 10.4. The molecule has 1 aliphatic heterocycles. The summed E-state index contributed by atoms with van der Waals surface area (Å²) in [6, 6.07) is -2.85. The number of hydrogen-bond donors (Lipinski definition) is 6. The average Bonchev–Trinajstić information content (AvgIpc) is 1.79. The van der Waals surface area contributed by atoms with E-state index in [-0.39, 0.29) is 91.6 Å². The molecule has 4 rings (SSSR count). The van der Waals surface area contributed by atoms with Crippen molar-refractivity contribution in [1.29, 1.82) is 0 Å². The first-order valence-corrected chi connectivity index (χ1v) is 31.4. The van der Waals surface area contributed by atoms with E-state index in [1.165, 1.54) is 72.4 Å². The highest BCUT2D eigenvalue weighted by Gasteiger charge is 2.39. The summed E-state index contributed by atoms with van der Waals surface area (Å²) in [7, 11) is 8.63. The number of oxazole rings is 3. The molecule has 518 valence electrons. The lowest BCUT2D eigenvalue weighted by atomic mass is 9.83. The smallest absolute Gasteiger partial charge is 0.337 e. The van der Waals surface area contributed by atoms with E-state index in [9.17, 15) is 58.5 Å². The van der Waals surface area contributed by atoms with Crippen LogP contribution in [0.2, 0.25) is 0 Å². The standard InChI is InChI=1S/C62H91N7O23S/c1-33(16-18-48(92-62(81)51(85-11)30-82-8)37(5)56(90-38(6)71)34(2)20-21-69(7)32-70)49(84-10)25-50-36(4)47(83-9)14-13-15-53-66-43(28-87-53)59-68-44(29-89-59)60-67-42(27-88-60)57(86-12)35(3)46(73)24-40(22-39(72)23-55(77)91-50)93-31-45(58(78)64-26-54(75)76)65-52(74)19-17-41(63)61(79)80/h13,15,20-21,27-29,32-37,39-41,45,47-51,56-57,72H,14,16-19,22-26,30-31,63H2,1-12H3,(H,64,78)(H,65,74)(H,75,76)(H,79,80)/b15-13?,21-20+/t33?,34?,35?,36?,37?,39?,40?,41-,45-,47?,48?,49?,50?,51?,56?,57?/m0/s1. The number of aliphatic hydroxyl groups is 1. The summed E-state index contributed by atoms with van der Waals surface area (Å²) in [5.41, 5.74) is 6.23. The maximum atomic E-state index is 14.5. The van der Waals surface area contributed by atoms with Crippen molar-refractivity contribution in [3.05, 3.63) is 48.7 Å². The second kappa shape index (κ2) is 39.3. The van der Waals surface area contributed by atoms with Crippen molar-refractivity contribution >= 4 is 71.7 Å². The fourth-order valence-corrected chi connectivity index (χ4v) is 11.8. The van der Waals surface area contributed by atoms with Gasteiger partial charge in [0.25, 0.3) is 0 Å². The van der Waals surface area contributed by atoms with Gasteiger partial charge in [-0.15, -0.1) is 0 Å². The predicted molar refractivity (Wildman–Crippen MR) is 332 cm³/mol. The molecule has 0 spiro atoms. The second-order valence-electron chi connectivity index (χ2n) is 23.0. The number of nitrogens with one attached hydrogen (secondary N) is 2. The first-order valence-electron chi connectivity index (χ1n) is 30.3. The number of fused-ring (bicyclic) bond motifs is 8. The van der Waals surface area contributed by atoms with Crippen molar-refractivity contribution < 1.29 is 110 Å². The lowest BCUT2D eigenvalue weighted by Gasteiger charge is -2.35. The number of cyclic esters (lactones) is 1. The summed E-state index contributed by atoms with van der Waals surface area (Å²) in [4.78, 5) is 131. The normalized spacial score (nSPS) is 22.2. The van der Waals surface area contributed by atoms with Crippen LogP contribution in [0.3, 0.4) is 0 Å². The first kappa shape index (κ1) is 78.1. The van der Waals surface area contributed by atoms with Crippen molar-refractivity contribution in [2.45, 2.75) is 165 Å². The minimum atomic E-state index is -1.51. The molecule has 3 aromatic rings. The van der Waals surface area contributed by atoms with Crippen molar-refractivity contribution in [2.75, 3.05) is 61.5 Å². The molecule has 7 N–H and O–H groups in total. The van der Waals surface area contributed by atoms with E-state index in [1.54, 1.807) is 46.0 Å². The number of amides is 3. The number of carboxylic acid groups (broad SMARTS) is 2. The number of ether oxygens (including phenoxy) is 8. The van der Waals surface area contributed by atoms with Gasteiger partial charge in [-0.25, -0.2) is 19.7 Å². The van der Waals surface area contributed by atoms with E-state index >= 15 is 0 Å². The maximum Gasteiger partial charge on any atom is 0.337 e. The molecule has 0 fully saturated rings. The number of carbonyl (C=O) groups is 9. The number of esters is 3. The summed E-state index contributed by atoms with van der Waals surface area (Å²) < 4.78 is 64.2. The lowest BCUT2D eigenvalue weighted by Crippen LogP contribution is -2.49. The maximum absolute atomic E-state index is 14.5. The van der Waals surface area contributed by atoms with Crippen LogP contribution < -0.4 is 16.4 Å². The van der Waals surface area contributed by atoms with Crippen molar-refractivity contribution in [3.8, 4) is 23.2 Å². The monoisotopic (exact) mass is 1330 g/mol. The largest absolute Gasteiger partial charge is 0.480 e. The van der Waals surface area contributed by atoms with Crippen molar-refractivity contribution in [3.63, 3.8) is 0 Å². The molecule has 0 saturated carbocycles. The summed E-state index contributed by atoms with van der Waals surface area (Å²) >= 11 is 0.960. The lowest BCUT2D eigenvalue weighted by molar-refractivity contribution is -0.173. The van der Waals surface area contributed by atoms with E-state index in [2.05, 4.69) is 25.6 Å². The summed E-state index contributed by atoms with van der Waals surface area (Å²) in [5.74, 6) is -10.1. The average molecular weight is 1330 g/mol. The van der Waals surface area contributed by atoms with Crippen LogP contribution in [-0.2, 0) is 81.0 Å². The molecule has 31 heteroatoms. The molecule has 3 amide bonds. The first-order chi connectivity index (χ1) is 44.2. The summed E-state index contributed by atoms with van der Waals surface area (Å²) in [6.07, 6.45) is 2.38. The van der Waals surface area contributed by atoms with Gasteiger partial charge in [0.1, 0.15) is 73.3 Å². The van der Waals surface area contributed by atoms with Gasteiger partial charge in [-0.1, -0.05) is 46.8 Å². The van der Waals surface area contributed by atoms with Gasteiger partial charge in [-0.05, 0) is 44.1 Å². The second-order valence-corrected chi connectivity index (χ2v) is 24.3. The summed E-state index contributed by atoms with van der Waals surface area (Å²) in [6.45, 7) is 9.20. The number of aliphatic carboxylic acids is 2. The number of Topliss-reactive ketones (excluding diaryl/α,β-unsaturated/α-hetero) is 1. The van der Waals surface area contributed by atoms with E-state index in [1.807, 2.05) is 13.8 Å². The number of thioether (sulfide) groups is 1. The third-order valence-corrected chi connectivity index (χ3v) is 17.3. The molecule has 30 nitrogen and oxygen atoms in total. The molecular formula is C62H91N7O23S. The van der Waals surface area contributed by atoms with Gasteiger partial charge in [0.15, 0.2) is 17.5 Å². The number of carbonyl (C=O) groups excluding carboxylic acids is 7. The topological polar surface area (TPSA) is 420 Å². The molecule has 0 aromatic carbocycles. The molecule has 14 unspecified atom stereocenters.